The van der Waals surface area contributed by atoms with Crippen molar-refractivity contribution in [2.75, 3.05) is 15.5 Å². The molecule has 0 bridgehead atoms. The lowest BCUT2D eigenvalue weighted by Crippen LogP contribution is -2.40. The normalized spacial score (nSPS) is 12.2. The first-order chi connectivity index (χ1) is 14.6. The lowest BCUT2D eigenvalue weighted by Gasteiger charge is -2.27. The molecule has 3 rings (SSSR count). The number of amides is 2. The fourth-order valence-corrected chi connectivity index (χ4v) is 2.95. The summed E-state index contributed by atoms with van der Waals surface area (Å²) in [5.41, 5.74) is -0.0133. The summed E-state index contributed by atoms with van der Waals surface area (Å²) in [4.78, 5) is 23.3. The minimum atomic E-state index is -0.987. The number of para-hydroxylation sites is 1. The molecular formula is C22H23Cl2N5O2. The molecule has 3 aromatic rings. The average molecular weight is 460 g/mol. The second-order valence-corrected chi connectivity index (χ2v) is 8.33. The lowest BCUT2D eigenvalue weighted by molar-refractivity contribution is 0.0646. The van der Waals surface area contributed by atoms with Gasteiger partial charge in [-0.2, -0.15) is 4.98 Å². The molecule has 1 heterocycles. The molecule has 0 saturated heterocycles. The van der Waals surface area contributed by atoms with Crippen LogP contribution in [0.1, 0.15) is 20.8 Å². The molecule has 0 aliphatic heterocycles. The number of nitrogens with zero attached hydrogens (tertiary/aromatic N) is 3. The minimum Gasteiger partial charge on any atom is -0.388 e. The zero-order chi connectivity index (χ0) is 22.6. The van der Waals surface area contributed by atoms with Gasteiger partial charge in [0.2, 0.25) is 5.95 Å². The Balaban J connectivity index is 1.96. The van der Waals surface area contributed by atoms with Crippen LogP contribution in [0.4, 0.5) is 27.9 Å². The molecule has 1 aromatic heterocycles. The zero-order valence-electron chi connectivity index (χ0n) is 17.3. The van der Waals surface area contributed by atoms with Gasteiger partial charge in [-0.3, -0.25) is 0 Å². The summed E-state index contributed by atoms with van der Waals surface area (Å²) in [6.07, 6.45) is 1.54. The van der Waals surface area contributed by atoms with Crippen LogP contribution in [-0.4, -0.2) is 32.7 Å². The summed E-state index contributed by atoms with van der Waals surface area (Å²) < 4.78 is 0. The van der Waals surface area contributed by atoms with Crippen molar-refractivity contribution in [3.05, 3.63) is 70.8 Å². The van der Waals surface area contributed by atoms with E-state index in [0.717, 1.165) is 0 Å². The maximum atomic E-state index is 13.3. The van der Waals surface area contributed by atoms with Gasteiger partial charge in [0.05, 0.1) is 28.0 Å². The molecule has 7 nitrogen and oxygen atoms in total. The van der Waals surface area contributed by atoms with E-state index in [-0.39, 0.29) is 12.0 Å². The number of halogens is 2. The highest BCUT2D eigenvalue weighted by Gasteiger charge is 2.24. The molecule has 0 fully saturated rings. The largest absolute Gasteiger partial charge is 0.388 e. The van der Waals surface area contributed by atoms with Crippen LogP contribution in [-0.2, 0) is 0 Å². The Kier molecular flexibility index (Phi) is 7.00. The van der Waals surface area contributed by atoms with Gasteiger partial charge in [-0.1, -0.05) is 41.4 Å². The maximum Gasteiger partial charge on any atom is 0.332 e. The Hall–Kier alpha value is -2.87. The number of rotatable bonds is 6. The van der Waals surface area contributed by atoms with Crippen LogP contribution in [0.5, 0.6) is 0 Å². The van der Waals surface area contributed by atoms with Crippen LogP contribution in [0.25, 0.3) is 0 Å². The number of benzene rings is 2. The van der Waals surface area contributed by atoms with Crippen LogP contribution in [0.15, 0.2) is 60.8 Å². The van der Waals surface area contributed by atoms with E-state index in [4.69, 9.17) is 23.2 Å². The molecule has 1 unspecified atom stereocenters. The Bertz CT molecular complexity index is 1060. The summed E-state index contributed by atoms with van der Waals surface area (Å²) in [6, 6.07) is 14.7. The fraction of sp³-hybridized carbons (Fsp3) is 0.227. The maximum absolute atomic E-state index is 13.3. The van der Waals surface area contributed by atoms with Crippen LogP contribution in [0.2, 0.25) is 10.0 Å². The molecule has 0 radical (unpaired) electrons. The number of aliphatic hydroxyl groups is 1. The van der Waals surface area contributed by atoms with Crippen molar-refractivity contribution in [3.63, 3.8) is 0 Å². The first-order valence-electron chi connectivity index (χ1n) is 9.58. The molecule has 0 aliphatic rings. The highest BCUT2D eigenvalue weighted by Crippen LogP contribution is 2.29. The van der Waals surface area contributed by atoms with E-state index < -0.39 is 11.6 Å². The Morgan fingerprint density at radius 1 is 1.13 bits per heavy atom. The number of hydrogen-bond donors (Lipinski definition) is 3. The van der Waals surface area contributed by atoms with Crippen molar-refractivity contribution in [2.24, 2.45) is 0 Å². The summed E-state index contributed by atoms with van der Waals surface area (Å²) in [5, 5.41) is 16.8. The van der Waals surface area contributed by atoms with Gasteiger partial charge >= 0.3 is 6.03 Å². The van der Waals surface area contributed by atoms with Crippen molar-refractivity contribution in [1.29, 1.82) is 0 Å². The quantitative estimate of drug-likeness (QED) is 0.438. The van der Waals surface area contributed by atoms with Gasteiger partial charge in [-0.05, 0) is 51.1 Å². The smallest absolute Gasteiger partial charge is 0.332 e. The lowest BCUT2D eigenvalue weighted by atomic mass is 10.0. The van der Waals surface area contributed by atoms with E-state index >= 15 is 0 Å². The molecule has 0 aliphatic carbocycles. The third-order valence-electron chi connectivity index (χ3n) is 4.66. The van der Waals surface area contributed by atoms with Gasteiger partial charge < -0.3 is 15.7 Å². The molecule has 31 heavy (non-hydrogen) atoms. The molecule has 2 amide bonds. The molecule has 1 atom stereocenters. The van der Waals surface area contributed by atoms with Gasteiger partial charge in [0.1, 0.15) is 5.82 Å². The molecule has 0 saturated carbocycles. The van der Waals surface area contributed by atoms with E-state index in [9.17, 15) is 9.90 Å². The summed E-state index contributed by atoms with van der Waals surface area (Å²) in [6.45, 7) is 5.19. The Morgan fingerprint density at radius 3 is 2.52 bits per heavy atom. The van der Waals surface area contributed by atoms with Crippen LogP contribution >= 0.6 is 23.2 Å². The third kappa shape index (κ3) is 5.85. The van der Waals surface area contributed by atoms with Gasteiger partial charge in [0, 0.05) is 17.3 Å². The Morgan fingerprint density at radius 2 is 1.84 bits per heavy atom. The molecule has 3 N–H and O–H groups in total. The van der Waals surface area contributed by atoms with Gasteiger partial charge in [-0.15, -0.1) is 0 Å². The highest BCUT2D eigenvalue weighted by atomic mass is 35.5. The standard InChI is InChI=1S/C22H23Cl2N5O2/c1-14(22(2,3)31)26-20-25-12-11-19(28-20)29(16-7-5-4-6-8-16)21(30)27-18-13-15(23)9-10-17(18)24/h4-14,31H,1-3H3,(H,27,30)(H,25,26,28). The van der Waals surface area contributed by atoms with E-state index in [1.54, 1.807) is 50.2 Å². The van der Waals surface area contributed by atoms with E-state index in [1.807, 2.05) is 25.1 Å². The monoisotopic (exact) mass is 459 g/mol. The molecule has 9 heteroatoms. The van der Waals surface area contributed by atoms with E-state index in [2.05, 4.69) is 20.6 Å². The van der Waals surface area contributed by atoms with Crippen LogP contribution in [0.3, 0.4) is 0 Å². The number of carbonyl (C=O) groups excluding carboxylic acids is 1. The molecule has 2 aromatic carbocycles. The van der Waals surface area contributed by atoms with Crippen molar-refractivity contribution in [3.8, 4) is 0 Å². The van der Waals surface area contributed by atoms with Gasteiger partial charge in [-0.25, -0.2) is 14.7 Å². The Labute approximate surface area is 191 Å². The van der Waals surface area contributed by atoms with Crippen molar-refractivity contribution < 1.29 is 9.90 Å². The molecular weight excluding hydrogens is 437 g/mol. The molecule has 0 spiro atoms. The number of anilines is 4. The first kappa shape index (κ1) is 22.8. The van der Waals surface area contributed by atoms with Crippen molar-refractivity contribution in [1.82, 2.24) is 9.97 Å². The highest BCUT2D eigenvalue weighted by molar-refractivity contribution is 6.35. The SMILES string of the molecule is CC(Nc1nccc(N(C(=O)Nc2cc(Cl)ccc2Cl)c2ccccc2)n1)C(C)(C)O. The predicted molar refractivity (Wildman–Crippen MR) is 125 cm³/mol. The van der Waals surface area contributed by atoms with Gasteiger partial charge in [0.25, 0.3) is 0 Å². The summed E-state index contributed by atoms with van der Waals surface area (Å²) in [5.74, 6) is 0.615. The zero-order valence-corrected chi connectivity index (χ0v) is 18.8. The molecule has 162 valence electrons. The fourth-order valence-electron chi connectivity index (χ4n) is 2.61. The topological polar surface area (TPSA) is 90.4 Å². The van der Waals surface area contributed by atoms with E-state index in [0.29, 0.717) is 27.2 Å². The van der Waals surface area contributed by atoms with Crippen molar-refractivity contribution in [2.45, 2.75) is 32.4 Å². The summed E-state index contributed by atoms with van der Waals surface area (Å²) >= 11 is 12.3. The third-order valence-corrected chi connectivity index (χ3v) is 5.23. The average Bonchev–Trinajstić information content (AvgIpc) is 2.71. The number of carbonyl (C=O) groups is 1. The van der Waals surface area contributed by atoms with Crippen molar-refractivity contribution >= 4 is 52.4 Å². The van der Waals surface area contributed by atoms with Gasteiger partial charge in [0.15, 0.2) is 0 Å². The van der Waals surface area contributed by atoms with Crippen LogP contribution < -0.4 is 15.5 Å². The second-order valence-electron chi connectivity index (χ2n) is 7.48. The van der Waals surface area contributed by atoms with E-state index in [1.165, 1.54) is 11.1 Å². The predicted octanol–water partition coefficient (Wildman–Crippen LogP) is 5.72. The van der Waals surface area contributed by atoms with Crippen LogP contribution in [0, 0.1) is 0 Å². The number of urea groups is 1. The number of nitrogens with one attached hydrogen (secondary N) is 2. The first-order valence-corrected chi connectivity index (χ1v) is 10.3. The number of hydrogen-bond acceptors (Lipinski definition) is 5. The second kappa shape index (κ2) is 9.51. The summed E-state index contributed by atoms with van der Waals surface area (Å²) in [7, 11) is 0. The minimum absolute atomic E-state index is 0.279. The number of aromatic nitrogens is 2.